The maximum atomic E-state index is 12.8. The van der Waals surface area contributed by atoms with Gasteiger partial charge >= 0.3 is 6.03 Å². The van der Waals surface area contributed by atoms with E-state index in [-0.39, 0.29) is 11.8 Å². The van der Waals surface area contributed by atoms with Gasteiger partial charge in [0.25, 0.3) is 0 Å². The Morgan fingerprint density at radius 3 is 2.25 bits per heavy atom. The number of nitrogens with zero attached hydrogens (tertiary/aromatic N) is 6. The summed E-state index contributed by atoms with van der Waals surface area (Å²) in [4.78, 5) is 18.8. The van der Waals surface area contributed by atoms with Crippen LogP contribution < -0.4 is 9.62 Å². The summed E-state index contributed by atoms with van der Waals surface area (Å²) in [6.45, 7) is 5.08. The number of rotatable bonds is 6. The Hall–Kier alpha value is -2.39. The lowest BCUT2D eigenvalue weighted by Crippen LogP contribution is -2.49. The number of amides is 1. The second-order valence-corrected chi connectivity index (χ2v) is 13.1. The average Bonchev–Trinajstić information content (AvgIpc) is 3.26. The molecule has 0 saturated carbocycles. The van der Waals surface area contributed by atoms with Crippen LogP contribution in [0, 0.1) is 0 Å². The highest BCUT2D eigenvalue weighted by molar-refractivity contribution is 7.92. The van der Waals surface area contributed by atoms with Crippen molar-refractivity contribution in [2.24, 2.45) is 0 Å². The Balaban J connectivity index is 1.32. The quantitative estimate of drug-likeness (QED) is 0.550. The Bertz CT molecular complexity index is 1320. The van der Waals surface area contributed by atoms with Gasteiger partial charge in [-0.1, -0.05) is 17.7 Å². The van der Waals surface area contributed by atoms with E-state index in [0.29, 0.717) is 63.9 Å². The summed E-state index contributed by atoms with van der Waals surface area (Å²) in [5, 5.41) is 4.64. The fourth-order valence-corrected chi connectivity index (χ4v) is 5.89. The smallest absolute Gasteiger partial charge is 0.344 e. The third-order valence-corrected chi connectivity index (χ3v) is 8.39. The van der Waals surface area contributed by atoms with Crippen molar-refractivity contribution in [3.05, 3.63) is 41.0 Å². The zero-order chi connectivity index (χ0) is 26.1. The molecule has 1 amide bonds. The maximum Gasteiger partial charge on any atom is 0.344 e. The first-order valence-corrected chi connectivity index (χ1v) is 15.5. The van der Waals surface area contributed by atoms with Gasteiger partial charge in [-0.3, -0.25) is 9.62 Å². The molecular weight excluding hydrogens is 530 g/mol. The van der Waals surface area contributed by atoms with Crippen molar-refractivity contribution in [2.75, 3.05) is 74.5 Å². The summed E-state index contributed by atoms with van der Waals surface area (Å²) < 4.78 is 51.2. The third kappa shape index (κ3) is 6.68. The van der Waals surface area contributed by atoms with Crippen LogP contribution in [-0.2, 0) is 26.6 Å². The Kier molecular flexibility index (Phi) is 7.80. The van der Waals surface area contributed by atoms with Crippen molar-refractivity contribution >= 4 is 49.2 Å². The number of nitrogens with one attached hydrogen (secondary N) is 1. The molecule has 1 aromatic carbocycles. The summed E-state index contributed by atoms with van der Waals surface area (Å²) in [5.41, 5.74) is 1.98. The normalized spacial score (nSPS) is 18.4. The molecule has 0 spiro atoms. The zero-order valence-electron chi connectivity index (χ0n) is 20.2. The van der Waals surface area contributed by atoms with Crippen LogP contribution in [0.2, 0.25) is 5.02 Å². The lowest BCUT2D eigenvalue weighted by molar-refractivity contribution is 0.134. The molecule has 15 heteroatoms. The molecule has 36 heavy (non-hydrogen) atoms. The van der Waals surface area contributed by atoms with E-state index in [4.69, 9.17) is 11.6 Å². The van der Waals surface area contributed by atoms with Crippen molar-refractivity contribution in [3.63, 3.8) is 0 Å². The van der Waals surface area contributed by atoms with Crippen LogP contribution in [-0.4, -0.2) is 112 Å². The number of hydrogen-bond acceptors (Lipinski definition) is 8. The first-order chi connectivity index (χ1) is 16.9. The van der Waals surface area contributed by atoms with E-state index in [1.54, 1.807) is 4.90 Å². The van der Waals surface area contributed by atoms with Crippen LogP contribution in [0.5, 0.6) is 0 Å². The van der Waals surface area contributed by atoms with Crippen molar-refractivity contribution in [1.82, 2.24) is 23.9 Å². The average molecular weight is 560 g/mol. The number of anilines is 2. The molecule has 2 saturated heterocycles. The van der Waals surface area contributed by atoms with E-state index < -0.39 is 20.0 Å². The van der Waals surface area contributed by atoms with Gasteiger partial charge in [-0.05, 0) is 17.7 Å². The predicted molar refractivity (Wildman–Crippen MR) is 138 cm³/mol. The topological polar surface area (TPSA) is 128 Å². The molecule has 0 unspecified atom stereocenters. The molecule has 1 aromatic heterocycles. The van der Waals surface area contributed by atoms with Gasteiger partial charge in [0, 0.05) is 71.2 Å². The molecule has 0 atom stereocenters. The molecule has 3 heterocycles. The van der Waals surface area contributed by atoms with Crippen LogP contribution in [0.25, 0.3) is 0 Å². The molecule has 0 radical (unpaired) electrons. The SMILES string of the molecule is CS(=O)(=O)Nc1ccn(C(=O)N2CCN(Cc3ccc(Cl)c(N4CCN(S(C)(=O)=O)CC4)c3)CC2)n1. The number of aromatic nitrogens is 2. The summed E-state index contributed by atoms with van der Waals surface area (Å²) >= 11 is 6.47. The largest absolute Gasteiger partial charge is 0.368 e. The number of carbonyl (C=O) groups excluding carboxylic acids is 1. The van der Waals surface area contributed by atoms with Crippen LogP contribution in [0.15, 0.2) is 30.5 Å². The van der Waals surface area contributed by atoms with Gasteiger partial charge in [-0.15, -0.1) is 5.10 Å². The maximum absolute atomic E-state index is 12.8. The number of carbonyl (C=O) groups is 1. The van der Waals surface area contributed by atoms with Crippen molar-refractivity contribution < 1.29 is 21.6 Å². The minimum Gasteiger partial charge on any atom is -0.368 e. The molecular formula is C21H30ClN7O5S2. The molecule has 0 bridgehead atoms. The number of sulfonamides is 2. The van der Waals surface area contributed by atoms with Gasteiger partial charge in [0.15, 0.2) is 5.82 Å². The molecule has 1 N–H and O–H groups in total. The number of piperazine rings is 2. The van der Waals surface area contributed by atoms with Crippen LogP contribution >= 0.6 is 11.6 Å². The van der Waals surface area contributed by atoms with E-state index in [0.717, 1.165) is 22.2 Å². The molecule has 4 rings (SSSR count). The second-order valence-electron chi connectivity index (χ2n) is 9.00. The molecule has 0 aliphatic carbocycles. The lowest BCUT2D eigenvalue weighted by atomic mass is 10.1. The van der Waals surface area contributed by atoms with Crippen LogP contribution in [0.4, 0.5) is 16.3 Å². The van der Waals surface area contributed by atoms with Gasteiger partial charge in [-0.2, -0.15) is 8.99 Å². The molecule has 2 aromatic rings. The highest BCUT2D eigenvalue weighted by Crippen LogP contribution is 2.29. The number of hydrogen-bond donors (Lipinski definition) is 1. The second kappa shape index (κ2) is 10.5. The molecule has 12 nitrogen and oxygen atoms in total. The van der Waals surface area contributed by atoms with E-state index in [1.807, 2.05) is 12.1 Å². The van der Waals surface area contributed by atoms with Crippen molar-refractivity contribution in [1.29, 1.82) is 0 Å². The molecule has 2 aliphatic heterocycles. The summed E-state index contributed by atoms with van der Waals surface area (Å²) in [6, 6.07) is 7.04. The summed E-state index contributed by atoms with van der Waals surface area (Å²) in [7, 11) is -6.67. The minimum absolute atomic E-state index is 0.0979. The summed E-state index contributed by atoms with van der Waals surface area (Å²) in [5.74, 6) is 0.0979. The van der Waals surface area contributed by atoms with Gasteiger partial charge in [0.05, 0.1) is 23.2 Å². The van der Waals surface area contributed by atoms with Gasteiger partial charge in [-0.25, -0.2) is 21.6 Å². The number of benzene rings is 1. The molecule has 2 aliphatic rings. The Morgan fingerprint density at radius 2 is 1.64 bits per heavy atom. The fraction of sp³-hybridized carbons (Fsp3) is 0.524. The Labute approximate surface area is 216 Å². The van der Waals surface area contributed by atoms with E-state index in [2.05, 4.69) is 25.7 Å². The highest BCUT2D eigenvalue weighted by Gasteiger charge is 2.26. The third-order valence-electron chi connectivity index (χ3n) is 6.18. The van der Waals surface area contributed by atoms with Gasteiger partial charge < -0.3 is 9.80 Å². The highest BCUT2D eigenvalue weighted by atomic mass is 35.5. The fourth-order valence-electron chi connectivity index (χ4n) is 4.33. The van der Waals surface area contributed by atoms with E-state index in [1.165, 1.54) is 22.8 Å². The monoisotopic (exact) mass is 559 g/mol. The molecule has 198 valence electrons. The first kappa shape index (κ1) is 26.7. The lowest BCUT2D eigenvalue weighted by Gasteiger charge is -2.36. The standard InChI is InChI=1S/C21H30ClN7O5S2/c1-35(31,32)24-20-5-6-29(23-20)21(30)27-9-7-25(8-10-27)16-17-3-4-18(22)19(15-17)26-11-13-28(14-12-26)36(2,33)34/h3-6,15H,7-14,16H2,1-2H3,(H,23,24). The van der Waals surface area contributed by atoms with E-state index >= 15 is 0 Å². The van der Waals surface area contributed by atoms with Crippen molar-refractivity contribution in [3.8, 4) is 0 Å². The number of halogens is 1. The van der Waals surface area contributed by atoms with E-state index in [9.17, 15) is 21.6 Å². The van der Waals surface area contributed by atoms with Crippen LogP contribution in [0.3, 0.4) is 0 Å². The Morgan fingerprint density at radius 1 is 0.972 bits per heavy atom. The first-order valence-electron chi connectivity index (χ1n) is 11.4. The zero-order valence-corrected chi connectivity index (χ0v) is 22.6. The molecule has 2 fully saturated rings. The summed E-state index contributed by atoms with van der Waals surface area (Å²) in [6.07, 6.45) is 3.69. The van der Waals surface area contributed by atoms with Gasteiger partial charge in [0.1, 0.15) is 0 Å². The minimum atomic E-state index is -3.47. The van der Waals surface area contributed by atoms with Gasteiger partial charge in [0.2, 0.25) is 20.0 Å². The van der Waals surface area contributed by atoms with Crippen molar-refractivity contribution in [2.45, 2.75) is 6.54 Å². The predicted octanol–water partition coefficient (Wildman–Crippen LogP) is 0.776. The van der Waals surface area contributed by atoms with Crippen LogP contribution in [0.1, 0.15) is 5.56 Å².